The van der Waals surface area contributed by atoms with Crippen LogP contribution in [-0.2, 0) is 0 Å². The molecule has 18 heavy (non-hydrogen) atoms. The van der Waals surface area contributed by atoms with Crippen LogP contribution in [0.4, 0.5) is 0 Å². The molecule has 2 heterocycles. The lowest BCUT2D eigenvalue weighted by Gasteiger charge is -2.37. The highest BCUT2D eigenvalue weighted by atomic mass is 16.3. The van der Waals surface area contributed by atoms with Gasteiger partial charge in [-0.3, -0.25) is 4.90 Å². The first kappa shape index (κ1) is 13.6. The third-order valence-corrected chi connectivity index (χ3v) is 4.02. The molecule has 2 rings (SSSR count). The maximum atomic E-state index is 5.66. The number of likely N-dealkylation sites (tertiary alicyclic amines) is 1. The Morgan fingerprint density at radius 3 is 2.89 bits per heavy atom. The van der Waals surface area contributed by atoms with Gasteiger partial charge in [-0.05, 0) is 52.8 Å². The topological polar surface area (TPSA) is 28.4 Å². The van der Waals surface area contributed by atoms with Gasteiger partial charge in [0, 0.05) is 24.2 Å². The summed E-state index contributed by atoms with van der Waals surface area (Å²) in [6, 6.07) is 3.31. The van der Waals surface area contributed by atoms with Gasteiger partial charge in [0.1, 0.15) is 11.5 Å². The molecule has 1 aliphatic heterocycles. The zero-order valence-electron chi connectivity index (χ0n) is 12.1. The minimum absolute atomic E-state index is 0.462. The summed E-state index contributed by atoms with van der Waals surface area (Å²) in [5, 5.41) is 3.58. The predicted octanol–water partition coefficient (Wildman–Crippen LogP) is 3.03. The van der Waals surface area contributed by atoms with Crippen LogP contribution in [0.2, 0.25) is 0 Å². The van der Waals surface area contributed by atoms with Crippen LogP contribution in [0.25, 0.3) is 0 Å². The van der Waals surface area contributed by atoms with E-state index in [1.807, 2.05) is 6.92 Å². The monoisotopic (exact) mass is 250 g/mol. The molecule has 1 N–H and O–H groups in total. The van der Waals surface area contributed by atoms with Gasteiger partial charge in [0.2, 0.25) is 0 Å². The number of aryl methyl sites for hydroxylation is 2. The molecule has 2 atom stereocenters. The summed E-state index contributed by atoms with van der Waals surface area (Å²) >= 11 is 0. The van der Waals surface area contributed by atoms with Gasteiger partial charge < -0.3 is 9.73 Å². The lowest BCUT2D eigenvalue weighted by Crippen LogP contribution is -2.46. The third kappa shape index (κ3) is 2.96. The summed E-state index contributed by atoms with van der Waals surface area (Å²) in [7, 11) is 0. The van der Waals surface area contributed by atoms with Crippen LogP contribution < -0.4 is 5.32 Å². The Kier molecular flexibility index (Phi) is 4.46. The lowest BCUT2D eigenvalue weighted by atomic mass is 10.0. The number of piperidine rings is 1. The van der Waals surface area contributed by atoms with Crippen molar-refractivity contribution in [2.75, 3.05) is 19.6 Å². The third-order valence-electron chi connectivity index (χ3n) is 4.02. The predicted molar refractivity (Wildman–Crippen MR) is 74.9 cm³/mol. The number of nitrogens with one attached hydrogen (secondary N) is 1. The number of nitrogens with zero attached hydrogens (tertiary/aromatic N) is 1. The van der Waals surface area contributed by atoms with Gasteiger partial charge in [-0.2, -0.15) is 0 Å². The second kappa shape index (κ2) is 5.89. The molecule has 3 nitrogen and oxygen atoms in total. The van der Waals surface area contributed by atoms with Gasteiger partial charge in [0.05, 0.1) is 0 Å². The molecule has 0 saturated carbocycles. The van der Waals surface area contributed by atoms with Crippen LogP contribution >= 0.6 is 0 Å². The molecule has 1 saturated heterocycles. The van der Waals surface area contributed by atoms with Crippen molar-refractivity contribution in [3.8, 4) is 0 Å². The standard InChI is InChI=1S/C15H26N2O/c1-5-16-14-7-6-8-17(10-14)12(3)15-9-11(2)18-13(15)4/h9,12,14,16H,5-8,10H2,1-4H3. The van der Waals surface area contributed by atoms with Crippen molar-refractivity contribution in [2.24, 2.45) is 0 Å². The van der Waals surface area contributed by atoms with E-state index in [2.05, 4.69) is 37.1 Å². The molecule has 0 aromatic carbocycles. The summed E-state index contributed by atoms with van der Waals surface area (Å²) in [5.74, 6) is 2.10. The first-order chi connectivity index (χ1) is 8.61. The van der Waals surface area contributed by atoms with Gasteiger partial charge >= 0.3 is 0 Å². The Balaban J connectivity index is 2.04. The smallest absolute Gasteiger partial charge is 0.105 e. The van der Waals surface area contributed by atoms with Crippen LogP contribution in [0.3, 0.4) is 0 Å². The normalized spacial score (nSPS) is 23.2. The quantitative estimate of drug-likeness (QED) is 0.890. The van der Waals surface area contributed by atoms with Crippen LogP contribution in [0.15, 0.2) is 10.5 Å². The molecule has 2 unspecified atom stereocenters. The molecule has 0 radical (unpaired) electrons. The molecular formula is C15H26N2O. The van der Waals surface area contributed by atoms with E-state index in [-0.39, 0.29) is 0 Å². The summed E-state index contributed by atoms with van der Waals surface area (Å²) in [6.07, 6.45) is 2.60. The van der Waals surface area contributed by atoms with E-state index in [1.165, 1.54) is 24.9 Å². The zero-order valence-corrected chi connectivity index (χ0v) is 12.1. The Hall–Kier alpha value is -0.800. The Bertz CT molecular complexity index is 384. The molecule has 0 spiro atoms. The molecule has 1 fully saturated rings. The summed E-state index contributed by atoms with van der Waals surface area (Å²) in [5.41, 5.74) is 1.35. The highest BCUT2D eigenvalue weighted by Crippen LogP contribution is 2.28. The minimum Gasteiger partial charge on any atom is -0.466 e. The maximum Gasteiger partial charge on any atom is 0.105 e. The van der Waals surface area contributed by atoms with E-state index in [0.717, 1.165) is 24.6 Å². The molecule has 0 bridgehead atoms. The Labute approximate surface area is 111 Å². The van der Waals surface area contributed by atoms with Crippen molar-refractivity contribution in [1.29, 1.82) is 0 Å². The number of hydrogen-bond acceptors (Lipinski definition) is 3. The van der Waals surface area contributed by atoms with E-state index in [9.17, 15) is 0 Å². The molecule has 1 aliphatic rings. The largest absolute Gasteiger partial charge is 0.466 e. The molecule has 1 aromatic heterocycles. The number of rotatable bonds is 4. The van der Waals surface area contributed by atoms with Crippen LogP contribution in [0.1, 0.15) is 49.8 Å². The fraction of sp³-hybridized carbons (Fsp3) is 0.733. The van der Waals surface area contributed by atoms with Crippen molar-refractivity contribution in [3.05, 3.63) is 23.2 Å². The average Bonchev–Trinajstić information content (AvgIpc) is 2.68. The Morgan fingerprint density at radius 1 is 1.50 bits per heavy atom. The van der Waals surface area contributed by atoms with Crippen molar-refractivity contribution in [3.63, 3.8) is 0 Å². The van der Waals surface area contributed by atoms with E-state index in [0.29, 0.717) is 12.1 Å². The highest BCUT2D eigenvalue weighted by molar-refractivity contribution is 5.23. The van der Waals surface area contributed by atoms with Crippen LogP contribution in [0.5, 0.6) is 0 Å². The van der Waals surface area contributed by atoms with Gasteiger partial charge in [0.15, 0.2) is 0 Å². The fourth-order valence-electron chi connectivity index (χ4n) is 3.08. The number of hydrogen-bond donors (Lipinski definition) is 1. The number of likely N-dealkylation sites (N-methyl/N-ethyl adjacent to an activating group) is 1. The lowest BCUT2D eigenvalue weighted by molar-refractivity contribution is 0.146. The van der Waals surface area contributed by atoms with E-state index < -0.39 is 0 Å². The molecule has 0 amide bonds. The first-order valence-corrected chi connectivity index (χ1v) is 7.16. The van der Waals surface area contributed by atoms with E-state index in [1.54, 1.807) is 0 Å². The van der Waals surface area contributed by atoms with Gasteiger partial charge in [-0.15, -0.1) is 0 Å². The van der Waals surface area contributed by atoms with E-state index in [4.69, 9.17) is 4.42 Å². The Morgan fingerprint density at radius 2 is 2.28 bits per heavy atom. The van der Waals surface area contributed by atoms with Crippen molar-refractivity contribution < 1.29 is 4.42 Å². The molecular weight excluding hydrogens is 224 g/mol. The maximum absolute atomic E-state index is 5.66. The van der Waals surface area contributed by atoms with Gasteiger partial charge in [-0.1, -0.05) is 6.92 Å². The first-order valence-electron chi connectivity index (χ1n) is 7.16. The second-order valence-electron chi connectivity index (χ2n) is 5.44. The molecule has 1 aromatic rings. The number of furan rings is 1. The zero-order chi connectivity index (χ0) is 13.1. The van der Waals surface area contributed by atoms with Crippen molar-refractivity contribution >= 4 is 0 Å². The SMILES string of the molecule is CCNC1CCCN(C(C)c2cc(C)oc2C)C1. The van der Waals surface area contributed by atoms with Gasteiger partial charge in [0.25, 0.3) is 0 Å². The second-order valence-corrected chi connectivity index (χ2v) is 5.44. The summed E-state index contributed by atoms with van der Waals surface area (Å²) in [4.78, 5) is 2.58. The molecule has 102 valence electrons. The highest BCUT2D eigenvalue weighted by Gasteiger charge is 2.25. The van der Waals surface area contributed by atoms with E-state index >= 15 is 0 Å². The minimum atomic E-state index is 0.462. The molecule has 3 heteroatoms. The van der Waals surface area contributed by atoms with Gasteiger partial charge in [-0.25, -0.2) is 0 Å². The van der Waals surface area contributed by atoms with Crippen molar-refractivity contribution in [2.45, 2.75) is 52.6 Å². The fourth-order valence-corrected chi connectivity index (χ4v) is 3.08. The van der Waals surface area contributed by atoms with Crippen molar-refractivity contribution in [1.82, 2.24) is 10.2 Å². The summed E-state index contributed by atoms with van der Waals surface area (Å²) < 4.78 is 5.66. The average molecular weight is 250 g/mol. The van der Waals surface area contributed by atoms with Crippen LogP contribution in [0, 0.1) is 13.8 Å². The summed E-state index contributed by atoms with van der Waals surface area (Å²) in [6.45, 7) is 12.0. The van der Waals surface area contributed by atoms with Crippen LogP contribution in [-0.4, -0.2) is 30.6 Å². The molecule has 0 aliphatic carbocycles.